The van der Waals surface area contributed by atoms with Crippen LogP contribution in [-0.4, -0.2) is 25.9 Å². The van der Waals surface area contributed by atoms with Crippen molar-refractivity contribution >= 4 is 5.65 Å². The predicted octanol–water partition coefficient (Wildman–Crippen LogP) is 1.59. The zero-order valence-electron chi connectivity index (χ0n) is 10.9. The van der Waals surface area contributed by atoms with Crippen molar-refractivity contribution in [1.82, 2.24) is 19.8 Å². The summed E-state index contributed by atoms with van der Waals surface area (Å²) >= 11 is 0. The van der Waals surface area contributed by atoms with E-state index in [0.717, 1.165) is 30.0 Å². The summed E-state index contributed by atoms with van der Waals surface area (Å²) in [5.74, 6) is 0.911. The number of nitrogens with zero attached hydrogens (tertiary/aromatic N) is 4. The van der Waals surface area contributed by atoms with E-state index in [1.54, 1.807) is 0 Å². The molecule has 1 fully saturated rings. The molecular formula is C13H19N5. The third-order valence-corrected chi connectivity index (χ3v) is 4.19. The van der Waals surface area contributed by atoms with Gasteiger partial charge in [-0.3, -0.25) is 0 Å². The second-order valence-corrected chi connectivity index (χ2v) is 5.54. The van der Waals surface area contributed by atoms with Crippen LogP contribution in [0.15, 0.2) is 12.1 Å². The molecule has 0 radical (unpaired) electrons. The summed E-state index contributed by atoms with van der Waals surface area (Å²) in [5, 5.41) is 13.1. The molecule has 2 N–H and O–H groups in total. The van der Waals surface area contributed by atoms with Crippen molar-refractivity contribution in [2.75, 3.05) is 0 Å². The number of hydrogen-bond donors (Lipinski definition) is 1. The normalized spacial score (nSPS) is 28.7. The van der Waals surface area contributed by atoms with Crippen molar-refractivity contribution in [2.45, 2.75) is 51.0 Å². The number of hydrogen-bond acceptors (Lipinski definition) is 4. The van der Waals surface area contributed by atoms with Gasteiger partial charge in [-0.25, -0.2) is 0 Å². The molecule has 2 heterocycles. The van der Waals surface area contributed by atoms with Gasteiger partial charge in [0.25, 0.3) is 0 Å². The molecule has 5 heteroatoms. The van der Waals surface area contributed by atoms with Crippen LogP contribution in [0, 0.1) is 6.92 Å². The Balaban J connectivity index is 2.15. The molecular weight excluding hydrogens is 226 g/mol. The van der Waals surface area contributed by atoms with Gasteiger partial charge >= 0.3 is 0 Å². The summed E-state index contributed by atoms with van der Waals surface area (Å²) < 4.78 is 1.86. The fraction of sp³-hybridized carbons (Fsp3) is 0.615. The maximum Gasteiger partial charge on any atom is 0.177 e. The lowest BCUT2D eigenvalue weighted by molar-refractivity contribution is 0.254. The molecule has 2 unspecified atom stereocenters. The quantitative estimate of drug-likeness (QED) is 0.828. The fourth-order valence-electron chi connectivity index (χ4n) is 2.87. The van der Waals surface area contributed by atoms with Gasteiger partial charge in [0.05, 0.1) is 5.69 Å². The first kappa shape index (κ1) is 11.6. The highest BCUT2D eigenvalue weighted by Crippen LogP contribution is 2.37. The van der Waals surface area contributed by atoms with Crippen molar-refractivity contribution < 1.29 is 0 Å². The molecule has 0 saturated heterocycles. The highest BCUT2D eigenvalue weighted by Gasteiger charge is 2.40. The highest BCUT2D eigenvalue weighted by molar-refractivity contribution is 5.37. The topological polar surface area (TPSA) is 69.1 Å². The average Bonchev–Trinajstić information content (AvgIpc) is 2.76. The molecule has 2 aromatic rings. The molecule has 0 bridgehead atoms. The molecule has 2 atom stereocenters. The summed E-state index contributed by atoms with van der Waals surface area (Å²) in [6.07, 6.45) is 4.52. The van der Waals surface area contributed by atoms with E-state index >= 15 is 0 Å². The third-order valence-electron chi connectivity index (χ3n) is 4.19. The van der Waals surface area contributed by atoms with Gasteiger partial charge in [-0.1, -0.05) is 19.8 Å². The van der Waals surface area contributed by atoms with E-state index < -0.39 is 0 Å². The molecule has 1 saturated carbocycles. The van der Waals surface area contributed by atoms with Gasteiger partial charge in [-0.2, -0.15) is 9.61 Å². The van der Waals surface area contributed by atoms with Crippen molar-refractivity contribution in [3.63, 3.8) is 0 Å². The SMILES string of the molecule is Cc1ccc2nnc(C3(C)CCCCC3N)n2n1. The molecule has 1 aliphatic carbocycles. The van der Waals surface area contributed by atoms with Crippen molar-refractivity contribution in [1.29, 1.82) is 0 Å². The molecule has 0 spiro atoms. The van der Waals surface area contributed by atoms with Crippen LogP contribution in [-0.2, 0) is 5.41 Å². The van der Waals surface area contributed by atoms with Gasteiger partial charge in [0.1, 0.15) is 0 Å². The van der Waals surface area contributed by atoms with E-state index in [0.29, 0.717) is 0 Å². The molecule has 1 aliphatic rings. The molecule has 3 rings (SSSR count). The second kappa shape index (κ2) is 4.02. The summed E-state index contributed by atoms with van der Waals surface area (Å²) in [6, 6.07) is 4.05. The van der Waals surface area contributed by atoms with Gasteiger partial charge in [-0.05, 0) is 31.9 Å². The van der Waals surface area contributed by atoms with Crippen LogP contribution in [0.1, 0.15) is 44.1 Å². The summed E-state index contributed by atoms with van der Waals surface area (Å²) in [6.45, 7) is 4.17. The van der Waals surface area contributed by atoms with E-state index in [4.69, 9.17) is 5.73 Å². The number of fused-ring (bicyclic) bond motifs is 1. The maximum atomic E-state index is 6.32. The van der Waals surface area contributed by atoms with Crippen LogP contribution in [0.2, 0.25) is 0 Å². The molecule has 5 nitrogen and oxygen atoms in total. The molecule has 2 aromatic heterocycles. The van der Waals surface area contributed by atoms with Crippen LogP contribution in [0.5, 0.6) is 0 Å². The number of nitrogens with two attached hydrogens (primary N) is 1. The Bertz CT molecular complexity index is 576. The smallest absolute Gasteiger partial charge is 0.177 e. The molecule has 96 valence electrons. The summed E-state index contributed by atoms with van der Waals surface area (Å²) in [7, 11) is 0. The fourth-order valence-corrected chi connectivity index (χ4v) is 2.87. The Morgan fingerprint density at radius 1 is 1.33 bits per heavy atom. The van der Waals surface area contributed by atoms with Crippen LogP contribution in [0.3, 0.4) is 0 Å². The number of rotatable bonds is 1. The zero-order chi connectivity index (χ0) is 12.8. The first-order chi connectivity index (χ1) is 8.61. The molecule has 18 heavy (non-hydrogen) atoms. The molecule has 0 aliphatic heterocycles. The summed E-state index contributed by atoms with van der Waals surface area (Å²) in [5.41, 5.74) is 7.98. The van der Waals surface area contributed by atoms with E-state index in [1.807, 2.05) is 23.6 Å². The Morgan fingerprint density at radius 3 is 2.94 bits per heavy atom. The lowest BCUT2D eigenvalue weighted by atomic mass is 9.71. The number of aryl methyl sites for hydroxylation is 1. The first-order valence-electron chi connectivity index (χ1n) is 6.56. The monoisotopic (exact) mass is 245 g/mol. The van der Waals surface area contributed by atoms with Gasteiger partial charge < -0.3 is 5.73 Å². The average molecular weight is 245 g/mol. The molecule has 0 aromatic carbocycles. The number of aromatic nitrogens is 4. The van der Waals surface area contributed by atoms with Crippen molar-refractivity contribution in [2.24, 2.45) is 5.73 Å². The van der Waals surface area contributed by atoms with E-state index in [-0.39, 0.29) is 11.5 Å². The standard InChI is InChI=1S/C13H19N5/c1-9-6-7-11-15-16-12(18(11)17-9)13(2)8-4-3-5-10(13)14/h6-7,10H,3-5,8,14H2,1-2H3. The predicted molar refractivity (Wildman–Crippen MR) is 69.3 cm³/mol. The minimum absolute atomic E-state index is 0.113. The highest BCUT2D eigenvalue weighted by atomic mass is 15.4. The Hall–Kier alpha value is -1.49. The minimum Gasteiger partial charge on any atom is -0.327 e. The maximum absolute atomic E-state index is 6.32. The van der Waals surface area contributed by atoms with Crippen LogP contribution in [0.25, 0.3) is 5.65 Å². The van der Waals surface area contributed by atoms with Crippen LogP contribution in [0.4, 0.5) is 0 Å². The zero-order valence-corrected chi connectivity index (χ0v) is 10.9. The van der Waals surface area contributed by atoms with Crippen LogP contribution >= 0.6 is 0 Å². The van der Waals surface area contributed by atoms with Gasteiger partial charge in [0.15, 0.2) is 11.5 Å². The Labute approximate surface area is 106 Å². The van der Waals surface area contributed by atoms with Crippen molar-refractivity contribution in [3.05, 3.63) is 23.7 Å². The lowest BCUT2D eigenvalue weighted by Gasteiger charge is -2.37. The first-order valence-corrected chi connectivity index (χ1v) is 6.56. The largest absolute Gasteiger partial charge is 0.327 e. The third kappa shape index (κ3) is 1.61. The minimum atomic E-state index is -0.113. The van der Waals surface area contributed by atoms with E-state index in [2.05, 4.69) is 22.2 Å². The Kier molecular flexibility index (Phi) is 2.59. The van der Waals surface area contributed by atoms with Gasteiger partial charge in [-0.15, -0.1) is 10.2 Å². The lowest BCUT2D eigenvalue weighted by Crippen LogP contribution is -2.46. The van der Waals surface area contributed by atoms with E-state index in [9.17, 15) is 0 Å². The van der Waals surface area contributed by atoms with Crippen LogP contribution < -0.4 is 5.73 Å². The summed E-state index contributed by atoms with van der Waals surface area (Å²) in [4.78, 5) is 0. The van der Waals surface area contributed by atoms with Crippen molar-refractivity contribution in [3.8, 4) is 0 Å². The van der Waals surface area contributed by atoms with Gasteiger partial charge in [0.2, 0.25) is 0 Å². The van der Waals surface area contributed by atoms with Gasteiger partial charge in [0, 0.05) is 11.5 Å². The molecule has 0 amide bonds. The van der Waals surface area contributed by atoms with E-state index in [1.165, 1.54) is 12.8 Å². The Morgan fingerprint density at radius 2 is 2.17 bits per heavy atom. The second-order valence-electron chi connectivity index (χ2n) is 5.54.